The van der Waals surface area contributed by atoms with Crippen LogP contribution in [-0.4, -0.2) is 27.6 Å². The Balaban J connectivity index is 1.88. The van der Waals surface area contributed by atoms with E-state index >= 15 is 0 Å². The third kappa shape index (κ3) is 3.30. The van der Waals surface area contributed by atoms with Gasteiger partial charge in [0.25, 0.3) is 5.91 Å². The molecule has 0 fully saturated rings. The highest BCUT2D eigenvalue weighted by Gasteiger charge is 2.16. The van der Waals surface area contributed by atoms with E-state index in [9.17, 15) is 9.59 Å². The van der Waals surface area contributed by atoms with E-state index in [1.165, 1.54) is 12.5 Å². The molecule has 1 atom stereocenters. The van der Waals surface area contributed by atoms with Gasteiger partial charge in [-0.2, -0.15) is 0 Å². The maximum absolute atomic E-state index is 12.2. The Morgan fingerprint density at radius 1 is 1.12 bits per heavy atom. The molecule has 1 unspecified atom stereocenters. The van der Waals surface area contributed by atoms with Crippen LogP contribution in [0.1, 0.15) is 22.8 Å². The Bertz CT molecular complexity index is 884. The standard InChI is InChI=1S/C19H18N2O3/c1-13(19(23)24)20-18(22)16-8-7-15-9-10-21(17(15)11-16)12-14-5-3-2-4-6-14/h2-11,13H,12H2,1H3,(H,20,22)(H,23,24). The van der Waals surface area contributed by atoms with Crippen molar-refractivity contribution in [1.82, 2.24) is 9.88 Å². The minimum absolute atomic E-state index is 0.390. The molecule has 5 heteroatoms. The first-order valence-electron chi connectivity index (χ1n) is 7.71. The molecule has 24 heavy (non-hydrogen) atoms. The summed E-state index contributed by atoms with van der Waals surface area (Å²) in [6.07, 6.45) is 1.99. The Morgan fingerprint density at radius 2 is 1.88 bits per heavy atom. The molecule has 0 aliphatic rings. The van der Waals surface area contributed by atoms with Gasteiger partial charge in [-0.05, 0) is 36.1 Å². The number of carbonyl (C=O) groups is 2. The summed E-state index contributed by atoms with van der Waals surface area (Å²) in [5, 5.41) is 12.4. The summed E-state index contributed by atoms with van der Waals surface area (Å²) in [7, 11) is 0. The Hall–Kier alpha value is -3.08. The van der Waals surface area contributed by atoms with Crippen molar-refractivity contribution in [2.24, 2.45) is 0 Å². The summed E-state index contributed by atoms with van der Waals surface area (Å²) in [4.78, 5) is 23.1. The molecule has 1 amide bonds. The largest absolute Gasteiger partial charge is 0.480 e. The molecule has 2 N–H and O–H groups in total. The van der Waals surface area contributed by atoms with Crippen molar-refractivity contribution in [2.75, 3.05) is 0 Å². The lowest BCUT2D eigenvalue weighted by atomic mass is 10.1. The second kappa shape index (κ2) is 6.58. The van der Waals surface area contributed by atoms with Crippen LogP contribution in [0.25, 0.3) is 10.9 Å². The molecule has 2 aromatic carbocycles. The van der Waals surface area contributed by atoms with Gasteiger partial charge in [0.05, 0.1) is 0 Å². The van der Waals surface area contributed by atoms with Crippen LogP contribution in [0.5, 0.6) is 0 Å². The third-order valence-corrected chi connectivity index (χ3v) is 3.95. The zero-order valence-electron chi connectivity index (χ0n) is 13.3. The molecule has 0 bridgehead atoms. The van der Waals surface area contributed by atoms with Crippen LogP contribution >= 0.6 is 0 Å². The van der Waals surface area contributed by atoms with Crippen LogP contribution in [0.15, 0.2) is 60.8 Å². The zero-order chi connectivity index (χ0) is 17.1. The molecule has 1 aromatic heterocycles. The molecular weight excluding hydrogens is 304 g/mol. The highest BCUT2D eigenvalue weighted by molar-refractivity contribution is 5.99. The number of fused-ring (bicyclic) bond motifs is 1. The number of aliphatic carboxylic acids is 1. The fourth-order valence-corrected chi connectivity index (χ4v) is 2.58. The molecule has 0 spiro atoms. The number of benzene rings is 2. The monoisotopic (exact) mass is 322 g/mol. The van der Waals surface area contributed by atoms with Crippen molar-refractivity contribution >= 4 is 22.8 Å². The van der Waals surface area contributed by atoms with Gasteiger partial charge in [-0.15, -0.1) is 0 Å². The molecule has 5 nitrogen and oxygen atoms in total. The highest BCUT2D eigenvalue weighted by Crippen LogP contribution is 2.19. The first-order valence-corrected chi connectivity index (χ1v) is 7.71. The summed E-state index contributed by atoms with van der Waals surface area (Å²) in [6.45, 7) is 2.15. The van der Waals surface area contributed by atoms with Gasteiger partial charge in [0.1, 0.15) is 6.04 Å². The second-order valence-corrected chi connectivity index (χ2v) is 5.74. The summed E-state index contributed by atoms with van der Waals surface area (Å²) < 4.78 is 2.07. The highest BCUT2D eigenvalue weighted by atomic mass is 16.4. The van der Waals surface area contributed by atoms with Gasteiger partial charge in [0.2, 0.25) is 0 Å². The van der Waals surface area contributed by atoms with Crippen LogP contribution in [0.3, 0.4) is 0 Å². The van der Waals surface area contributed by atoms with E-state index in [1.54, 1.807) is 12.1 Å². The van der Waals surface area contributed by atoms with Crippen molar-refractivity contribution in [3.8, 4) is 0 Å². The Morgan fingerprint density at radius 3 is 2.58 bits per heavy atom. The lowest BCUT2D eigenvalue weighted by Crippen LogP contribution is -2.38. The van der Waals surface area contributed by atoms with Gasteiger partial charge in [0.15, 0.2) is 0 Å². The molecule has 122 valence electrons. The molecular formula is C19H18N2O3. The van der Waals surface area contributed by atoms with E-state index in [-0.39, 0.29) is 5.91 Å². The van der Waals surface area contributed by atoms with Crippen LogP contribution in [0.4, 0.5) is 0 Å². The Labute approximate surface area is 139 Å². The smallest absolute Gasteiger partial charge is 0.325 e. The summed E-state index contributed by atoms with van der Waals surface area (Å²) in [5.74, 6) is -1.45. The van der Waals surface area contributed by atoms with Gasteiger partial charge in [-0.25, -0.2) is 0 Å². The van der Waals surface area contributed by atoms with Gasteiger partial charge in [0, 0.05) is 23.8 Å². The van der Waals surface area contributed by atoms with Crippen LogP contribution in [0.2, 0.25) is 0 Å². The predicted molar refractivity (Wildman–Crippen MR) is 92.0 cm³/mol. The minimum Gasteiger partial charge on any atom is -0.480 e. The van der Waals surface area contributed by atoms with Crippen LogP contribution < -0.4 is 5.32 Å². The van der Waals surface area contributed by atoms with Gasteiger partial charge in [-0.3, -0.25) is 9.59 Å². The van der Waals surface area contributed by atoms with Gasteiger partial charge in [-0.1, -0.05) is 36.4 Å². The van der Waals surface area contributed by atoms with E-state index < -0.39 is 12.0 Å². The number of aromatic nitrogens is 1. The number of nitrogens with one attached hydrogen (secondary N) is 1. The van der Waals surface area contributed by atoms with E-state index in [1.807, 2.05) is 36.5 Å². The number of carbonyl (C=O) groups excluding carboxylic acids is 1. The molecule has 0 saturated carbocycles. The quantitative estimate of drug-likeness (QED) is 0.759. The van der Waals surface area contributed by atoms with Gasteiger partial charge < -0.3 is 15.0 Å². The van der Waals surface area contributed by atoms with E-state index in [0.717, 1.165) is 10.9 Å². The number of rotatable bonds is 5. The first-order chi connectivity index (χ1) is 11.5. The number of amides is 1. The second-order valence-electron chi connectivity index (χ2n) is 5.74. The zero-order valence-corrected chi connectivity index (χ0v) is 13.3. The Kier molecular flexibility index (Phi) is 4.33. The third-order valence-electron chi connectivity index (χ3n) is 3.95. The number of hydrogen-bond acceptors (Lipinski definition) is 2. The summed E-state index contributed by atoms with van der Waals surface area (Å²) in [5.41, 5.74) is 2.56. The van der Waals surface area contributed by atoms with Crippen LogP contribution in [0, 0.1) is 0 Å². The summed E-state index contributed by atoms with van der Waals surface area (Å²) >= 11 is 0. The van der Waals surface area contributed by atoms with Crippen molar-refractivity contribution in [3.05, 3.63) is 71.9 Å². The molecule has 1 heterocycles. The van der Waals surface area contributed by atoms with E-state index in [4.69, 9.17) is 5.11 Å². The average molecular weight is 322 g/mol. The fraction of sp³-hybridized carbons (Fsp3) is 0.158. The maximum atomic E-state index is 12.2. The minimum atomic E-state index is -1.06. The van der Waals surface area contributed by atoms with Gasteiger partial charge >= 0.3 is 5.97 Å². The predicted octanol–water partition coefficient (Wildman–Crippen LogP) is 2.89. The SMILES string of the molecule is CC(NC(=O)c1ccc2ccn(Cc3ccccc3)c2c1)C(=O)O. The molecule has 0 aliphatic heterocycles. The molecule has 3 aromatic rings. The molecule has 0 aliphatic carbocycles. The van der Waals surface area contributed by atoms with Crippen LogP contribution in [-0.2, 0) is 11.3 Å². The number of hydrogen-bond donors (Lipinski definition) is 2. The van der Waals surface area contributed by atoms with Crippen molar-refractivity contribution in [3.63, 3.8) is 0 Å². The molecule has 3 rings (SSSR count). The first kappa shape index (κ1) is 15.8. The lowest BCUT2D eigenvalue weighted by Gasteiger charge is -2.10. The molecule has 0 saturated heterocycles. The van der Waals surface area contributed by atoms with Crippen molar-refractivity contribution in [2.45, 2.75) is 19.5 Å². The van der Waals surface area contributed by atoms with Crippen molar-refractivity contribution in [1.29, 1.82) is 0 Å². The van der Waals surface area contributed by atoms with Crippen molar-refractivity contribution < 1.29 is 14.7 Å². The lowest BCUT2D eigenvalue weighted by molar-refractivity contribution is -0.138. The molecule has 0 radical (unpaired) electrons. The topological polar surface area (TPSA) is 71.3 Å². The number of carboxylic acid groups (broad SMARTS) is 1. The average Bonchev–Trinajstić information content (AvgIpc) is 2.98. The maximum Gasteiger partial charge on any atom is 0.325 e. The number of carboxylic acids is 1. The fourth-order valence-electron chi connectivity index (χ4n) is 2.58. The normalized spacial score (nSPS) is 12.0. The number of nitrogens with zero attached hydrogens (tertiary/aromatic N) is 1. The summed E-state index contributed by atoms with van der Waals surface area (Å²) in [6, 6.07) is 16.5. The van der Waals surface area contributed by atoms with E-state index in [2.05, 4.69) is 22.0 Å². The van der Waals surface area contributed by atoms with E-state index in [0.29, 0.717) is 12.1 Å².